The molecule has 2 nitrogen and oxygen atoms in total. The van der Waals surface area contributed by atoms with E-state index in [1.807, 2.05) is 6.92 Å². The lowest BCUT2D eigenvalue weighted by Gasteiger charge is -2.07. The van der Waals surface area contributed by atoms with Crippen molar-refractivity contribution in [2.75, 3.05) is 0 Å². The van der Waals surface area contributed by atoms with E-state index in [-0.39, 0.29) is 5.56 Å². The van der Waals surface area contributed by atoms with Crippen LogP contribution < -0.4 is 5.56 Å². The summed E-state index contributed by atoms with van der Waals surface area (Å²) in [4.78, 5) is 11.7. The maximum atomic E-state index is 11.7. The van der Waals surface area contributed by atoms with Crippen LogP contribution in [-0.4, -0.2) is 4.57 Å². The third-order valence-corrected chi connectivity index (χ3v) is 2.62. The molecule has 0 radical (unpaired) electrons. The summed E-state index contributed by atoms with van der Waals surface area (Å²) in [6.45, 7) is 1.92. The van der Waals surface area contributed by atoms with Crippen LogP contribution in [-0.2, 0) is 0 Å². The van der Waals surface area contributed by atoms with E-state index in [1.54, 1.807) is 30.5 Å². The Morgan fingerprint density at radius 1 is 1.06 bits per heavy atom. The molecule has 0 bridgehead atoms. The fourth-order valence-electron chi connectivity index (χ4n) is 1.47. The molecule has 82 valence electrons. The fraction of sp³-hybridized carbons (Fsp3) is 0.0833. The van der Waals surface area contributed by atoms with Gasteiger partial charge in [0.05, 0.1) is 5.69 Å². The average molecular weight is 254 g/mol. The van der Waals surface area contributed by atoms with Crippen LogP contribution in [0.4, 0.5) is 0 Å². The van der Waals surface area contributed by atoms with Gasteiger partial charge in [0.2, 0.25) is 0 Å². The molecule has 1 aromatic heterocycles. The molecule has 16 heavy (non-hydrogen) atoms. The fourth-order valence-corrected chi connectivity index (χ4v) is 1.99. The Bertz CT molecular complexity index is 570. The van der Waals surface area contributed by atoms with Crippen LogP contribution in [0.15, 0.2) is 41.3 Å². The van der Waals surface area contributed by atoms with Gasteiger partial charge >= 0.3 is 0 Å². The van der Waals surface area contributed by atoms with Crippen molar-refractivity contribution < 1.29 is 0 Å². The van der Waals surface area contributed by atoms with Gasteiger partial charge in [-0.3, -0.25) is 9.36 Å². The number of nitrogens with zero attached hydrogens (tertiary/aromatic N) is 1. The highest BCUT2D eigenvalue weighted by Gasteiger charge is 2.02. The smallest absolute Gasteiger partial charge is 0.255 e. The van der Waals surface area contributed by atoms with Crippen molar-refractivity contribution >= 4 is 23.2 Å². The van der Waals surface area contributed by atoms with Gasteiger partial charge in [0.1, 0.15) is 0 Å². The molecule has 0 saturated carbocycles. The maximum absolute atomic E-state index is 11.7. The van der Waals surface area contributed by atoms with Gasteiger partial charge in [-0.1, -0.05) is 29.3 Å². The SMILES string of the molecule is Cc1ccc(=O)n(-c2cc(Cl)cc(Cl)c2)c1. The van der Waals surface area contributed by atoms with Gasteiger partial charge in [-0.15, -0.1) is 0 Å². The monoisotopic (exact) mass is 253 g/mol. The van der Waals surface area contributed by atoms with Gasteiger partial charge in [-0.25, -0.2) is 0 Å². The molecule has 1 heterocycles. The van der Waals surface area contributed by atoms with Gasteiger partial charge in [-0.05, 0) is 30.7 Å². The van der Waals surface area contributed by atoms with Crippen LogP contribution in [0.2, 0.25) is 10.0 Å². The molecule has 2 rings (SSSR count). The molecule has 0 aliphatic rings. The minimum atomic E-state index is -0.107. The summed E-state index contributed by atoms with van der Waals surface area (Å²) in [7, 11) is 0. The first kappa shape index (κ1) is 11.2. The molecule has 0 aliphatic heterocycles. The minimum absolute atomic E-state index is 0.107. The van der Waals surface area contributed by atoms with Crippen molar-refractivity contribution in [3.05, 3.63) is 62.5 Å². The van der Waals surface area contributed by atoms with Crippen molar-refractivity contribution in [2.24, 2.45) is 0 Å². The Labute approximate surface area is 103 Å². The summed E-state index contributed by atoms with van der Waals surface area (Å²) in [5, 5.41) is 1.02. The van der Waals surface area contributed by atoms with Crippen LogP contribution >= 0.6 is 23.2 Å². The van der Waals surface area contributed by atoms with E-state index in [0.717, 1.165) is 5.56 Å². The zero-order valence-corrected chi connectivity index (χ0v) is 10.1. The van der Waals surface area contributed by atoms with Gasteiger partial charge in [0.15, 0.2) is 0 Å². The summed E-state index contributed by atoms with van der Waals surface area (Å²) in [6.07, 6.45) is 1.75. The van der Waals surface area contributed by atoms with Crippen LogP contribution in [0, 0.1) is 6.92 Å². The van der Waals surface area contributed by atoms with Crippen LogP contribution in [0.25, 0.3) is 5.69 Å². The summed E-state index contributed by atoms with van der Waals surface area (Å²) in [5.74, 6) is 0. The molecule has 0 N–H and O–H groups in total. The van der Waals surface area contributed by atoms with E-state index < -0.39 is 0 Å². The van der Waals surface area contributed by atoms with Crippen molar-refractivity contribution in [1.82, 2.24) is 4.57 Å². The molecule has 0 aliphatic carbocycles. The number of rotatable bonds is 1. The molecule has 0 unspecified atom stereocenters. The Kier molecular flexibility index (Phi) is 3.03. The summed E-state index contributed by atoms with van der Waals surface area (Å²) in [6, 6.07) is 8.32. The molecular formula is C12H9Cl2NO. The number of benzene rings is 1. The Morgan fingerprint density at radius 3 is 2.31 bits per heavy atom. The van der Waals surface area contributed by atoms with Gasteiger partial charge in [-0.2, -0.15) is 0 Å². The molecule has 0 amide bonds. The average Bonchev–Trinajstić information content (AvgIpc) is 2.20. The number of hydrogen-bond acceptors (Lipinski definition) is 1. The minimum Gasteiger partial charge on any atom is -0.284 e. The predicted molar refractivity (Wildman–Crippen MR) is 66.8 cm³/mol. The molecular weight excluding hydrogens is 245 g/mol. The van der Waals surface area contributed by atoms with E-state index in [2.05, 4.69) is 0 Å². The first-order valence-electron chi connectivity index (χ1n) is 4.72. The molecule has 1 aromatic carbocycles. The van der Waals surface area contributed by atoms with E-state index in [4.69, 9.17) is 23.2 Å². The topological polar surface area (TPSA) is 22.0 Å². The second-order valence-electron chi connectivity index (χ2n) is 3.54. The molecule has 2 aromatic rings. The lowest BCUT2D eigenvalue weighted by atomic mass is 10.2. The van der Waals surface area contributed by atoms with Gasteiger partial charge in [0.25, 0.3) is 5.56 Å². The number of aryl methyl sites for hydroxylation is 1. The number of hydrogen-bond donors (Lipinski definition) is 0. The molecule has 0 spiro atoms. The molecule has 4 heteroatoms. The Morgan fingerprint density at radius 2 is 1.69 bits per heavy atom. The van der Waals surface area contributed by atoms with Gasteiger partial charge < -0.3 is 0 Å². The number of aromatic nitrogens is 1. The summed E-state index contributed by atoms with van der Waals surface area (Å²) >= 11 is 11.8. The molecule has 0 atom stereocenters. The van der Waals surface area contributed by atoms with Crippen molar-refractivity contribution in [2.45, 2.75) is 6.92 Å². The maximum Gasteiger partial charge on any atom is 0.255 e. The highest BCUT2D eigenvalue weighted by Crippen LogP contribution is 2.20. The second-order valence-corrected chi connectivity index (χ2v) is 4.42. The zero-order chi connectivity index (χ0) is 11.7. The third kappa shape index (κ3) is 2.29. The summed E-state index contributed by atoms with van der Waals surface area (Å²) in [5.41, 5.74) is 1.56. The van der Waals surface area contributed by atoms with Crippen LogP contribution in [0.3, 0.4) is 0 Å². The highest BCUT2D eigenvalue weighted by atomic mass is 35.5. The highest BCUT2D eigenvalue weighted by molar-refractivity contribution is 6.34. The Balaban J connectivity index is 2.67. The lowest BCUT2D eigenvalue weighted by molar-refractivity contribution is 0.977. The predicted octanol–water partition coefficient (Wildman–Crippen LogP) is 3.45. The second kappa shape index (κ2) is 4.32. The lowest BCUT2D eigenvalue weighted by Crippen LogP contribution is -2.16. The standard InChI is InChI=1S/C12H9Cl2NO/c1-8-2-3-12(16)15(7-8)11-5-9(13)4-10(14)6-11/h2-7H,1H3. The molecule has 0 saturated heterocycles. The van der Waals surface area contributed by atoms with Gasteiger partial charge in [0, 0.05) is 22.3 Å². The van der Waals surface area contributed by atoms with Crippen molar-refractivity contribution in [3.8, 4) is 5.69 Å². The first-order valence-corrected chi connectivity index (χ1v) is 5.47. The third-order valence-electron chi connectivity index (χ3n) is 2.18. The Hall–Kier alpha value is -1.25. The largest absolute Gasteiger partial charge is 0.284 e. The quantitative estimate of drug-likeness (QED) is 0.763. The number of halogens is 2. The summed E-state index contributed by atoms with van der Waals surface area (Å²) < 4.78 is 1.52. The normalized spacial score (nSPS) is 10.4. The first-order chi connectivity index (χ1) is 7.56. The van der Waals surface area contributed by atoms with Crippen molar-refractivity contribution in [1.29, 1.82) is 0 Å². The van der Waals surface area contributed by atoms with Crippen LogP contribution in [0.1, 0.15) is 5.56 Å². The zero-order valence-electron chi connectivity index (χ0n) is 8.58. The van der Waals surface area contributed by atoms with E-state index in [0.29, 0.717) is 15.7 Å². The van der Waals surface area contributed by atoms with Crippen LogP contribution in [0.5, 0.6) is 0 Å². The molecule has 0 fully saturated rings. The van der Waals surface area contributed by atoms with E-state index >= 15 is 0 Å². The van der Waals surface area contributed by atoms with E-state index in [1.165, 1.54) is 10.6 Å². The number of pyridine rings is 1. The van der Waals surface area contributed by atoms with E-state index in [9.17, 15) is 4.79 Å². The van der Waals surface area contributed by atoms with Crippen molar-refractivity contribution in [3.63, 3.8) is 0 Å².